The van der Waals surface area contributed by atoms with E-state index >= 15 is 0 Å². The van der Waals surface area contributed by atoms with Crippen molar-refractivity contribution in [2.75, 3.05) is 0 Å². The van der Waals surface area contributed by atoms with Crippen molar-refractivity contribution in [2.24, 2.45) is 0 Å². The lowest BCUT2D eigenvalue weighted by Gasteiger charge is -2.07. The fourth-order valence-corrected chi connectivity index (χ4v) is 1.90. The molecule has 2 aromatic rings. The Morgan fingerprint density at radius 3 is 2.36 bits per heavy atom. The standard InChI is InChI=1S/C13H12S/c1-9-7-8-12(10(2)14)13-6-4-3-5-11(9)13/h3-8,14H,2H2,1H3. The van der Waals surface area contributed by atoms with Gasteiger partial charge in [-0.15, -0.1) is 12.6 Å². The summed E-state index contributed by atoms with van der Waals surface area (Å²) in [5.74, 6) is 0. The van der Waals surface area contributed by atoms with E-state index in [9.17, 15) is 0 Å². The average Bonchev–Trinajstić information content (AvgIpc) is 2.18. The molecule has 0 amide bonds. The van der Waals surface area contributed by atoms with Gasteiger partial charge in [-0.1, -0.05) is 43.0 Å². The molecule has 0 atom stereocenters. The molecule has 0 saturated carbocycles. The smallest absolute Gasteiger partial charge is 0.00468 e. The van der Waals surface area contributed by atoms with Crippen LogP contribution in [0.2, 0.25) is 0 Å². The van der Waals surface area contributed by atoms with Gasteiger partial charge in [0.1, 0.15) is 0 Å². The maximum atomic E-state index is 4.30. The molecule has 2 aromatic carbocycles. The normalized spacial score (nSPS) is 10.4. The molecule has 0 heterocycles. The van der Waals surface area contributed by atoms with Gasteiger partial charge in [-0.2, -0.15) is 0 Å². The molecule has 0 fully saturated rings. The zero-order chi connectivity index (χ0) is 10.1. The van der Waals surface area contributed by atoms with Gasteiger partial charge in [-0.3, -0.25) is 0 Å². The highest BCUT2D eigenvalue weighted by Crippen LogP contribution is 2.28. The Labute approximate surface area is 89.7 Å². The predicted octanol–water partition coefficient (Wildman–Crippen LogP) is 4.05. The largest absolute Gasteiger partial charge is 0.143 e. The molecule has 14 heavy (non-hydrogen) atoms. The molecule has 0 aliphatic carbocycles. The van der Waals surface area contributed by atoms with E-state index in [1.165, 1.54) is 16.3 Å². The molecule has 0 aliphatic heterocycles. The molecule has 0 radical (unpaired) electrons. The Balaban J connectivity index is 2.88. The molecular formula is C13H12S. The van der Waals surface area contributed by atoms with Gasteiger partial charge in [-0.05, 0) is 28.8 Å². The fourth-order valence-electron chi connectivity index (χ4n) is 1.70. The lowest BCUT2D eigenvalue weighted by molar-refractivity contribution is 1.52. The van der Waals surface area contributed by atoms with Crippen molar-refractivity contribution in [2.45, 2.75) is 6.92 Å². The maximum Gasteiger partial charge on any atom is 0.00468 e. The highest BCUT2D eigenvalue weighted by atomic mass is 32.1. The van der Waals surface area contributed by atoms with Crippen LogP contribution in [-0.2, 0) is 0 Å². The summed E-state index contributed by atoms with van der Waals surface area (Å²) in [6.45, 7) is 5.99. The number of thiol groups is 1. The van der Waals surface area contributed by atoms with E-state index in [1.807, 2.05) is 6.07 Å². The zero-order valence-corrected chi connectivity index (χ0v) is 9.01. The van der Waals surface area contributed by atoms with Gasteiger partial charge < -0.3 is 0 Å². The Bertz CT molecular complexity index is 498. The molecule has 0 N–H and O–H groups in total. The van der Waals surface area contributed by atoms with E-state index in [4.69, 9.17) is 0 Å². The summed E-state index contributed by atoms with van der Waals surface area (Å²) in [6, 6.07) is 12.5. The van der Waals surface area contributed by atoms with Gasteiger partial charge in [0.15, 0.2) is 0 Å². The van der Waals surface area contributed by atoms with E-state index < -0.39 is 0 Å². The molecule has 0 spiro atoms. The number of rotatable bonds is 1. The second kappa shape index (κ2) is 3.50. The summed E-state index contributed by atoms with van der Waals surface area (Å²) in [7, 11) is 0. The van der Waals surface area contributed by atoms with Gasteiger partial charge >= 0.3 is 0 Å². The summed E-state index contributed by atoms with van der Waals surface area (Å²) in [5, 5.41) is 2.51. The SMILES string of the molecule is C=C(S)c1ccc(C)c2ccccc12. The van der Waals surface area contributed by atoms with Crippen LogP contribution in [0.4, 0.5) is 0 Å². The van der Waals surface area contributed by atoms with Crippen LogP contribution in [0.25, 0.3) is 15.7 Å². The van der Waals surface area contributed by atoms with Crippen molar-refractivity contribution < 1.29 is 0 Å². The van der Waals surface area contributed by atoms with Gasteiger partial charge in [0.25, 0.3) is 0 Å². The third-order valence-electron chi connectivity index (χ3n) is 2.45. The van der Waals surface area contributed by atoms with Crippen LogP contribution in [0.1, 0.15) is 11.1 Å². The molecule has 1 heteroatoms. The zero-order valence-electron chi connectivity index (χ0n) is 8.12. The van der Waals surface area contributed by atoms with Gasteiger partial charge in [-0.25, -0.2) is 0 Å². The molecule has 70 valence electrons. The summed E-state index contributed by atoms with van der Waals surface area (Å²) in [6.07, 6.45) is 0. The van der Waals surface area contributed by atoms with E-state index in [-0.39, 0.29) is 0 Å². The quantitative estimate of drug-likeness (QED) is 0.660. The number of hydrogen-bond donors (Lipinski definition) is 1. The monoisotopic (exact) mass is 200 g/mol. The number of hydrogen-bond acceptors (Lipinski definition) is 1. The van der Waals surface area contributed by atoms with E-state index in [0.29, 0.717) is 0 Å². The first-order valence-electron chi connectivity index (χ1n) is 4.57. The predicted molar refractivity (Wildman–Crippen MR) is 66.7 cm³/mol. The molecule has 0 saturated heterocycles. The second-order valence-electron chi connectivity index (χ2n) is 3.42. The minimum atomic E-state index is 0.821. The first kappa shape index (κ1) is 9.35. The second-order valence-corrected chi connectivity index (χ2v) is 3.96. The summed E-state index contributed by atoms with van der Waals surface area (Å²) in [4.78, 5) is 0.821. The van der Waals surface area contributed by atoms with Crippen LogP contribution in [0.5, 0.6) is 0 Å². The van der Waals surface area contributed by atoms with Crippen molar-refractivity contribution in [1.29, 1.82) is 0 Å². The number of aryl methyl sites for hydroxylation is 1. The Hall–Kier alpha value is -1.21. The fraction of sp³-hybridized carbons (Fsp3) is 0.0769. The first-order chi connectivity index (χ1) is 6.70. The van der Waals surface area contributed by atoms with Crippen molar-refractivity contribution >= 4 is 28.3 Å². The summed E-state index contributed by atoms with van der Waals surface area (Å²) in [5.41, 5.74) is 2.41. The van der Waals surface area contributed by atoms with Crippen molar-refractivity contribution in [3.05, 3.63) is 54.1 Å². The lowest BCUT2D eigenvalue weighted by atomic mass is 10.0. The Morgan fingerprint density at radius 2 is 1.71 bits per heavy atom. The Kier molecular flexibility index (Phi) is 2.34. The van der Waals surface area contributed by atoms with Crippen LogP contribution < -0.4 is 0 Å². The van der Waals surface area contributed by atoms with Crippen molar-refractivity contribution in [3.8, 4) is 0 Å². The number of fused-ring (bicyclic) bond motifs is 1. The van der Waals surface area contributed by atoms with E-state index in [1.54, 1.807) is 0 Å². The third-order valence-corrected chi connectivity index (χ3v) is 2.69. The lowest BCUT2D eigenvalue weighted by Crippen LogP contribution is -1.83. The van der Waals surface area contributed by atoms with E-state index in [0.717, 1.165) is 10.5 Å². The average molecular weight is 200 g/mol. The molecular weight excluding hydrogens is 188 g/mol. The maximum absolute atomic E-state index is 4.30. The minimum absolute atomic E-state index is 0.821. The van der Waals surface area contributed by atoms with Crippen LogP contribution in [0.3, 0.4) is 0 Å². The summed E-state index contributed by atoms with van der Waals surface area (Å²) < 4.78 is 0. The first-order valence-corrected chi connectivity index (χ1v) is 5.01. The van der Waals surface area contributed by atoms with Crippen LogP contribution in [-0.4, -0.2) is 0 Å². The Morgan fingerprint density at radius 1 is 1.07 bits per heavy atom. The summed E-state index contributed by atoms with van der Waals surface area (Å²) >= 11 is 4.30. The van der Waals surface area contributed by atoms with Gasteiger partial charge in [0.05, 0.1) is 0 Å². The molecule has 0 aliphatic rings. The third kappa shape index (κ3) is 1.44. The van der Waals surface area contributed by atoms with Crippen LogP contribution in [0, 0.1) is 6.92 Å². The molecule has 0 aromatic heterocycles. The van der Waals surface area contributed by atoms with Crippen molar-refractivity contribution in [1.82, 2.24) is 0 Å². The number of benzene rings is 2. The van der Waals surface area contributed by atoms with Gasteiger partial charge in [0.2, 0.25) is 0 Å². The van der Waals surface area contributed by atoms with Crippen LogP contribution >= 0.6 is 12.6 Å². The van der Waals surface area contributed by atoms with E-state index in [2.05, 4.69) is 56.5 Å². The molecule has 0 nitrogen and oxygen atoms in total. The highest BCUT2D eigenvalue weighted by molar-refractivity contribution is 7.90. The van der Waals surface area contributed by atoms with Crippen LogP contribution in [0.15, 0.2) is 43.0 Å². The molecule has 2 rings (SSSR count). The minimum Gasteiger partial charge on any atom is -0.143 e. The van der Waals surface area contributed by atoms with Gasteiger partial charge in [0, 0.05) is 4.91 Å². The topological polar surface area (TPSA) is 0 Å². The molecule has 0 bridgehead atoms. The highest BCUT2D eigenvalue weighted by Gasteiger charge is 2.02. The molecule has 0 unspecified atom stereocenters. The van der Waals surface area contributed by atoms with Crippen molar-refractivity contribution in [3.63, 3.8) is 0 Å².